The molecule has 1 aromatic rings. The molecule has 1 aromatic heterocycles. The van der Waals surface area contributed by atoms with E-state index in [-0.39, 0.29) is 5.91 Å². The number of nitrogens with zero attached hydrogens (tertiary/aromatic N) is 1. The molecule has 0 fully saturated rings. The number of hydrogen-bond acceptors (Lipinski definition) is 3. The Balaban J connectivity index is 2.71. The molecule has 0 saturated carbocycles. The minimum atomic E-state index is -0.243. The quantitative estimate of drug-likeness (QED) is 0.663. The van der Waals surface area contributed by atoms with Gasteiger partial charge in [-0.1, -0.05) is 6.08 Å². The highest BCUT2D eigenvalue weighted by atomic mass is 16.1. The number of pyridine rings is 1. The summed E-state index contributed by atoms with van der Waals surface area (Å²) in [7, 11) is 0. The maximum Gasteiger partial charge on any atom is 0.270 e. The van der Waals surface area contributed by atoms with Gasteiger partial charge in [-0.2, -0.15) is 0 Å². The maximum atomic E-state index is 11.3. The molecular formula is C9H11N3O. The SMILES string of the molecule is C=CCNC(=O)c1cc(N)ccn1. The number of nitrogens with two attached hydrogens (primary N) is 1. The molecule has 0 bridgehead atoms. The molecule has 1 amide bonds. The minimum Gasteiger partial charge on any atom is -0.399 e. The Kier molecular flexibility index (Phi) is 3.03. The predicted octanol–water partition coefficient (Wildman–Crippen LogP) is 0.580. The largest absolute Gasteiger partial charge is 0.399 e. The van der Waals surface area contributed by atoms with Crippen LogP contribution >= 0.6 is 0 Å². The summed E-state index contributed by atoms with van der Waals surface area (Å²) >= 11 is 0. The van der Waals surface area contributed by atoms with E-state index in [0.717, 1.165) is 0 Å². The molecule has 0 atom stereocenters. The maximum absolute atomic E-state index is 11.3. The second kappa shape index (κ2) is 4.25. The van der Waals surface area contributed by atoms with Gasteiger partial charge in [0.25, 0.3) is 5.91 Å². The molecule has 0 unspecified atom stereocenters. The number of amides is 1. The number of nitrogen functional groups attached to an aromatic ring is 1. The highest BCUT2D eigenvalue weighted by molar-refractivity contribution is 5.93. The van der Waals surface area contributed by atoms with E-state index in [1.54, 1.807) is 12.1 Å². The first-order chi connectivity index (χ1) is 6.24. The smallest absolute Gasteiger partial charge is 0.270 e. The summed E-state index contributed by atoms with van der Waals surface area (Å²) in [5, 5.41) is 2.60. The van der Waals surface area contributed by atoms with Gasteiger partial charge in [0.15, 0.2) is 0 Å². The van der Waals surface area contributed by atoms with Crippen LogP contribution in [0.5, 0.6) is 0 Å². The lowest BCUT2D eigenvalue weighted by Crippen LogP contribution is -2.24. The van der Waals surface area contributed by atoms with Gasteiger partial charge in [0.05, 0.1) is 0 Å². The molecule has 4 nitrogen and oxygen atoms in total. The molecule has 0 saturated heterocycles. The lowest BCUT2D eigenvalue weighted by Gasteiger charge is -2.01. The van der Waals surface area contributed by atoms with Crippen LogP contribution in [0.25, 0.3) is 0 Å². The van der Waals surface area contributed by atoms with Crippen LogP contribution in [0, 0.1) is 0 Å². The van der Waals surface area contributed by atoms with Gasteiger partial charge in [-0.05, 0) is 12.1 Å². The molecule has 13 heavy (non-hydrogen) atoms. The first-order valence-electron chi connectivity index (χ1n) is 3.84. The molecule has 0 radical (unpaired) electrons. The molecule has 4 heteroatoms. The zero-order valence-corrected chi connectivity index (χ0v) is 7.16. The Morgan fingerprint density at radius 2 is 2.54 bits per heavy atom. The summed E-state index contributed by atoms with van der Waals surface area (Å²) in [5.41, 5.74) is 6.33. The van der Waals surface area contributed by atoms with Crippen LogP contribution < -0.4 is 11.1 Å². The third-order valence-electron chi connectivity index (χ3n) is 1.42. The van der Waals surface area contributed by atoms with Crippen LogP contribution in [0.1, 0.15) is 10.5 Å². The number of rotatable bonds is 3. The van der Waals surface area contributed by atoms with Crippen molar-refractivity contribution in [1.82, 2.24) is 10.3 Å². The minimum absolute atomic E-state index is 0.243. The second-order valence-corrected chi connectivity index (χ2v) is 2.47. The topological polar surface area (TPSA) is 68.0 Å². The first-order valence-corrected chi connectivity index (χ1v) is 3.84. The number of carbonyl (C=O) groups excluding carboxylic acids is 1. The van der Waals surface area contributed by atoms with E-state index in [4.69, 9.17) is 5.73 Å². The normalized spacial score (nSPS) is 9.23. The van der Waals surface area contributed by atoms with Crippen molar-refractivity contribution in [3.63, 3.8) is 0 Å². The summed E-state index contributed by atoms with van der Waals surface area (Å²) in [5.74, 6) is -0.243. The van der Waals surface area contributed by atoms with E-state index in [1.807, 2.05) is 0 Å². The Labute approximate surface area is 76.5 Å². The number of carbonyl (C=O) groups is 1. The fraction of sp³-hybridized carbons (Fsp3) is 0.111. The molecule has 0 aliphatic heterocycles. The number of hydrogen-bond donors (Lipinski definition) is 2. The second-order valence-electron chi connectivity index (χ2n) is 2.47. The van der Waals surface area contributed by atoms with Gasteiger partial charge in [-0.3, -0.25) is 9.78 Å². The Morgan fingerprint density at radius 1 is 1.77 bits per heavy atom. The molecule has 0 aliphatic carbocycles. The van der Waals surface area contributed by atoms with Crippen LogP contribution in [-0.2, 0) is 0 Å². The summed E-state index contributed by atoms with van der Waals surface area (Å²) in [6.07, 6.45) is 3.10. The van der Waals surface area contributed by atoms with Crippen molar-refractivity contribution < 1.29 is 4.79 Å². The highest BCUT2D eigenvalue weighted by Gasteiger charge is 2.04. The molecule has 0 aromatic carbocycles. The standard InChI is InChI=1S/C9H11N3O/c1-2-4-12-9(13)8-6-7(10)3-5-11-8/h2-3,5-6H,1,4H2,(H2,10,11)(H,12,13). The highest BCUT2D eigenvalue weighted by Crippen LogP contribution is 2.01. The number of anilines is 1. The van der Waals surface area contributed by atoms with Crippen molar-refractivity contribution >= 4 is 11.6 Å². The monoisotopic (exact) mass is 177 g/mol. The van der Waals surface area contributed by atoms with E-state index >= 15 is 0 Å². The zero-order chi connectivity index (χ0) is 9.68. The van der Waals surface area contributed by atoms with Crippen LogP contribution in [-0.4, -0.2) is 17.4 Å². The molecule has 68 valence electrons. The van der Waals surface area contributed by atoms with Crippen LogP contribution in [0.4, 0.5) is 5.69 Å². The number of aromatic nitrogens is 1. The van der Waals surface area contributed by atoms with Crippen molar-refractivity contribution in [3.05, 3.63) is 36.7 Å². The van der Waals surface area contributed by atoms with Crippen LogP contribution in [0.2, 0.25) is 0 Å². The fourth-order valence-electron chi connectivity index (χ4n) is 0.826. The van der Waals surface area contributed by atoms with E-state index < -0.39 is 0 Å². The summed E-state index contributed by atoms with van der Waals surface area (Å²) in [4.78, 5) is 15.1. The zero-order valence-electron chi connectivity index (χ0n) is 7.16. The van der Waals surface area contributed by atoms with E-state index in [9.17, 15) is 4.79 Å². The Bertz CT molecular complexity index is 322. The van der Waals surface area contributed by atoms with Crippen molar-refractivity contribution in [2.24, 2.45) is 0 Å². The molecular weight excluding hydrogens is 166 g/mol. The lowest BCUT2D eigenvalue weighted by atomic mass is 10.3. The molecule has 1 rings (SSSR count). The molecule has 0 aliphatic rings. The third kappa shape index (κ3) is 2.59. The fourth-order valence-corrected chi connectivity index (χ4v) is 0.826. The van der Waals surface area contributed by atoms with Gasteiger partial charge < -0.3 is 11.1 Å². The Morgan fingerprint density at radius 3 is 3.15 bits per heavy atom. The van der Waals surface area contributed by atoms with Crippen LogP contribution in [0.15, 0.2) is 31.0 Å². The van der Waals surface area contributed by atoms with Gasteiger partial charge >= 0.3 is 0 Å². The molecule has 3 N–H and O–H groups in total. The summed E-state index contributed by atoms with van der Waals surface area (Å²) < 4.78 is 0. The average molecular weight is 177 g/mol. The van der Waals surface area contributed by atoms with Gasteiger partial charge in [0, 0.05) is 18.4 Å². The predicted molar refractivity (Wildman–Crippen MR) is 51.2 cm³/mol. The van der Waals surface area contributed by atoms with Crippen molar-refractivity contribution in [2.75, 3.05) is 12.3 Å². The number of nitrogens with one attached hydrogen (secondary N) is 1. The van der Waals surface area contributed by atoms with E-state index in [2.05, 4.69) is 16.9 Å². The molecule has 1 heterocycles. The van der Waals surface area contributed by atoms with E-state index in [1.165, 1.54) is 12.3 Å². The third-order valence-corrected chi connectivity index (χ3v) is 1.42. The summed E-state index contributed by atoms with van der Waals surface area (Å²) in [6, 6.07) is 3.16. The van der Waals surface area contributed by atoms with Crippen LogP contribution in [0.3, 0.4) is 0 Å². The van der Waals surface area contributed by atoms with Gasteiger partial charge in [0.2, 0.25) is 0 Å². The average Bonchev–Trinajstić information content (AvgIpc) is 2.14. The van der Waals surface area contributed by atoms with Gasteiger partial charge in [-0.25, -0.2) is 0 Å². The van der Waals surface area contributed by atoms with Crippen molar-refractivity contribution in [2.45, 2.75) is 0 Å². The summed E-state index contributed by atoms with van der Waals surface area (Å²) in [6.45, 7) is 3.91. The molecule has 0 spiro atoms. The van der Waals surface area contributed by atoms with Gasteiger partial charge in [-0.15, -0.1) is 6.58 Å². The van der Waals surface area contributed by atoms with E-state index in [0.29, 0.717) is 17.9 Å². The first kappa shape index (κ1) is 9.25. The van der Waals surface area contributed by atoms with Crippen molar-refractivity contribution in [1.29, 1.82) is 0 Å². The van der Waals surface area contributed by atoms with Gasteiger partial charge in [0.1, 0.15) is 5.69 Å². The Hall–Kier alpha value is -1.84. The lowest BCUT2D eigenvalue weighted by molar-refractivity contribution is 0.0953. The van der Waals surface area contributed by atoms with Crippen molar-refractivity contribution in [3.8, 4) is 0 Å².